The molecule has 0 saturated carbocycles. The van der Waals surface area contributed by atoms with Crippen molar-refractivity contribution in [2.75, 3.05) is 21.3 Å². The van der Waals surface area contributed by atoms with Gasteiger partial charge in [0.15, 0.2) is 0 Å². The van der Waals surface area contributed by atoms with E-state index in [0.717, 1.165) is 22.2 Å². The van der Waals surface area contributed by atoms with Crippen LogP contribution in [-0.4, -0.2) is 38.4 Å². The molecule has 0 saturated heterocycles. The van der Waals surface area contributed by atoms with E-state index < -0.39 is 0 Å². The summed E-state index contributed by atoms with van der Waals surface area (Å²) in [5, 5.41) is 4.77. The molecule has 0 atom stereocenters. The first kappa shape index (κ1) is 17.3. The Morgan fingerprint density at radius 1 is 1.04 bits per heavy atom. The quantitative estimate of drug-likeness (QED) is 0.527. The van der Waals surface area contributed by atoms with Gasteiger partial charge in [0.25, 0.3) is 5.91 Å². The van der Waals surface area contributed by atoms with Crippen molar-refractivity contribution in [2.45, 2.75) is 0 Å². The van der Waals surface area contributed by atoms with E-state index in [1.165, 1.54) is 0 Å². The predicted octanol–water partition coefficient (Wildman–Crippen LogP) is 2.96. The molecule has 0 fully saturated rings. The number of rotatable bonds is 6. The van der Waals surface area contributed by atoms with Gasteiger partial charge in [-0.05, 0) is 23.8 Å². The van der Waals surface area contributed by atoms with Crippen molar-refractivity contribution in [3.05, 3.63) is 53.7 Å². The summed E-state index contributed by atoms with van der Waals surface area (Å²) in [4.78, 5) is 15.4. The van der Waals surface area contributed by atoms with Gasteiger partial charge in [-0.3, -0.25) is 4.79 Å². The molecule has 0 unspecified atom stereocenters. The Hall–Kier alpha value is -3.48. The number of carbonyl (C=O) groups is 1. The number of carbonyl (C=O) groups excluding carboxylic acids is 1. The summed E-state index contributed by atoms with van der Waals surface area (Å²) in [6.07, 6.45) is 1.55. The van der Waals surface area contributed by atoms with Crippen LogP contribution in [0.4, 0.5) is 0 Å². The molecule has 0 spiro atoms. The number of methoxy groups -OCH3 is 3. The Labute approximate surface area is 150 Å². The van der Waals surface area contributed by atoms with E-state index in [1.807, 2.05) is 24.3 Å². The van der Waals surface area contributed by atoms with Gasteiger partial charge in [0.05, 0.1) is 33.1 Å². The van der Waals surface area contributed by atoms with Gasteiger partial charge < -0.3 is 19.2 Å². The zero-order chi connectivity index (χ0) is 18.5. The molecule has 0 aliphatic rings. The molecule has 2 N–H and O–H groups in total. The largest absolute Gasteiger partial charge is 0.497 e. The fraction of sp³-hybridized carbons (Fsp3) is 0.158. The molecule has 134 valence electrons. The first-order valence-corrected chi connectivity index (χ1v) is 7.87. The molecule has 7 heteroatoms. The third-order valence-corrected chi connectivity index (χ3v) is 3.85. The number of benzene rings is 2. The number of aromatic amines is 1. The fourth-order valence-corrected chi connectivity index (χ4v) is 2.54. The summed E-state index contributed by atoms with van der Waals surface area (Å²) in [6, 6.07) is 12.6. The van der Waals surface area contributed by atoms with Crippen LogP contribution >= 0.6 is 0 Å². The smallest absolute Gasteiger partial charge is 0.287 e. The number of H-pyrrole nitrogens is 1. The molecule has 7 nitrogen and oxygen atoms in total. The zero-order valence-corrected chi connectivity index (χ0v) is 14.7. The van der Waals surface area contributed by atoms with Gasteiger partial charge in [-0.2, -0.15) is 5.10 Å². The lowest BCUT2D eigenvalue weighted by atomic mass is 10.2. The van der Waals surface area contributed by atoms with Gasteiger partial charge in [-0.15, -0.1) is 0 Å². The molecule has 3 aromatic rings. The summed E-state index contributed by atoms with van der Waals surface area (Å²) < 4.78 is 15.7. The van der Waals surface area contributed by atoms with Crippen molar-refractivity contribution in [1.29, 1.82) is 0 Å². The summed E-state index contributed by atoms with van der Waals surface area (Å²) in [5.41, 5.74) is 4.42. The van der Waals surface area contributed by atoms with Gasteiger partial charge in [-0.1, -0.05) is 12.1 Å². The molecule has 1 aromatic heterocycles. The average molecular weight is 353 g/mol. The summed E-state index contributed by atoms with van der Waals surface area (Å²) in [5.74, 6) is 1.62. The maximum Gasteiger partial charge on any atom is 0.287 e. The molecule has 1 heterocycles. The molecule has 1 amide bonds. The minimum Gasteiger partial charge on any atom is -0.497 e. The second-order valence-electron chi connectivity index (χ2n) is 5.45. The summed E-state index contributed by atoms with van der Waals surface area (Å²) in [6.45, 7) is 0. The van der Waals surface area contributed by atoms with E-state index >= 15 is 0 Å². The summed E-state index contributed by atoms with van der Waals surface area (Å²) in [7, 11) is 4.74. The molecule has 0 bridgehead atoms. The Morgan fingerprint density at radius 2 is 1.85 bits per heavy atom. The molecule has 0 radical (unpaired) electrons. The molecular weight excluding hydrogens is 334 g/mol. The first-order chi connectivity index (χ1) is 12.6. The van der Waals surface area contributed by atoms with Gasteiger partial charge in [0, 0.05) is 17.5 Å². The number of fused-ring (bicyclic) bond motifs is 1. The third kappa shape index (κ3) is 3.61. The van der Waals surface area contributed by atoms with Crippen LogP contribution in [0.5, 0.6) is 17.2 Å². The Kier molecular flexibility index (Phi) is 5.07. The fourth-order valence-electron chi connectivity index (χ4n) is 2.54. The number of ether oxygens (including phenoxy) is 3. The van der Waals surface area contributed by atoms with Gasteiger partial charge in [-0.25, -0.2) is 5.43 Å². The van der Waals surface area contributed by atoms with E-state index in [1.54, 1.807) is 45.7 Å². The van der Waals surface area contributed by atoms with Crippen molar-refractivity contribution < 1.29 is 19.0 Å². The highest BCUT2D eigenvalue weighted by Gasteiger charge is 2.13. The van der Waals surface area contributed by atoms with E-state index in [9.17, 15) is 4.79 Å². The topological polar surface area (TPSA) is 84.9 Å². The maximum absolute atomic E-state index is 12.3. The highest BCUT2D eigenvalue weighted by molar-refractivity contribution is 6.00. The molecule has 0 aliphatic heterocycles. The van der Waals surface area contributed by atoms with Crippen LogP contribution in [0.15, 0.2) is 47.6 Å². The van der Waals surface area contributed by atoms with Gasteiger partial charge in [0.1, 0.15) is 22.9 Å². The standard InChI is InChI=1S/C19H19N3O4/c1-24-13-6-4-5-12(7-13)11-20-22-19(23)17-10-15-16(21-17)8-14(25-2)9-18(15)26-3/h4-11,21H,1-3H3,(H,22,23). The van der Waals surface area contributed by atoms with Crippen LogP contribution in [0, 0.1) is 0 Å². The molecule has 3 rings (SSSR count). The second-order valence-corrected chi connectivity index (χ2v) is 5.45. The highest BCUT2D eigenvalue weighted by Crippen LogP contribution is 2.31. The molecular formula is C19H19N3O4. The van der Waals surface area contributed by atoms with Crippen molar-refractivity contribution >= 4 is 23.0 Å². The number of nitrogens with one attached hydrogen (secondary N) is 2. The van der Waals surface area contributed by atoms with Crippen LogP contribution in [0.3, 0.4) is 0 Å². The number of amides is 1. The lowest BCUT2D eigenvalue weighted by molar-refractivity contribution is 0.0951. The molecule has 0 aliphatic carbocycles. The van der Waals surface area contributed by atoms with Crippen LogP contribution < -0.4 is 19.6 Å². The van der Waals surface area contributed by atoms with E-state index in [0.29, 0.717) is 17.2 Å². The second kappa shape index (κ2) is 7.60. The van der Waals surface area contributed by atoms with Crippen LogP contribution in [0.2, 0.25) is 0 Å². The number of aromatic nitrogens is 1. The lowest BCUT2D eigenvalue weighted by Gasteiger charge is -2.04. The van der Waals surface area contributed by atoms with Crippen LogP contribution in [0.1, 0.15) is 16.1 Å². The number of nitrogens with zero attached hydrogens (tertiary/aromatic N) is 1. The monoisotopic (exact) mass is 353 g/mol. The van der Waals surface area contributed by atoms with E-state index in [4.69, 9.17) is 14.2 Å². The maximum atomic E-state index is 12.3. The van der Waals surface area contributed by atoms with Gasteiger partial charge >= 0.3 is 0 Å². The lowest BCUT2D eigenvalue weighted by Crippen LogP contribution is -2.17. The van der Waals surface area contributed by atoms with E-state index in [-0.39, 0.29) is 5.91 Å². The van der Waals surface area contributed by atoms with Crippen molar-refractivity contribution in [1.82, 2.24) is 10.4 Å². The van der Waals surface area contributed by atoms with Crippen molar-refractivity contribution in [3.8, 4) is 17.2 Å². The first-order valence-electron chi connectivity index (χ1n) is 7.87. The average Bonchev–Trinajstić information content (AvgIpc) is 3.11. The Morgan fingerprint density at radius 3 is 2.58 bits per heavy atom. The minimum absolute atomic E-state index is 0.360. The van der Waals surface area contributed by atoms with Crippen molar-refractivity contribution in [2.24, 2.45) is 5.10 Å². The highest BCUT2D eigenvalue weighted by atomic mass is 16.5. The number of hydrogen-bond acceptors (Lipinski definition) is 5. The normalized spacial score (nSPS) is 10.9. The molecule has 26 heavy (non-hydrogen) atoms. The van der Waals surface area contributed by atoms with Crippen LogP contribution in [-0.2, 0) is 0 Å². The SMILES string of the molecule is COc1cccc(C=NNC(=O)c2cc3c(OC)cc(OC)cc3[nH]2)c1. The minimum atomic E-state index is -0.360. The number of hydrogen-bond donors (Lipinski definition) is 2. The van der Waals surface area contributed by atoms with Crippen molar-refractivity contribution in [3.63, 3.8) is 0 Å². The number of hydrazone groups is 1. The van der Waals surface area contributed by atoms with E-state index in [2.05, 4.69) is 15.5 Å². The molecule has 2 aromatic carbocycles. The van der Waals surface area contributed by atoms with Gasteiger partial charge in [0.2, 0.25) is 0 Å². The zero-order valence-electron chi connectivity index (χ0n) is 14.7. The summed E-state index contributed by atoms with van der Waals surface area (Å²) >= 11 is 0. The predicted molar refractivity (Wildman–Crippen MR) is 99.5 cm³/mol. The third-order valence-electron chi connectivity index (χ3n) is 3.85. The Bertz CT molecular complexity index is 963. The Balaban J connectivity index is 1.78. The van der Waals surface area contributed by atoms with Crippen LogP contribution in [0.25, 0.3) is 10.9 Å².